The number of carbonyl (C=O) groups excluding carboxylic acids is 1. The summed E-state index contributed by atoms with van der Waals surface area (Å²) in [5.41, 5.74) is 6.62. The smallest absolute Gasteiger partial charge is 0.248 e. The molecule has 2 atom stereocenters. The quantitative estimate of drug-likeness (QED) is 0.877. The first-order valence-electron chi connectivity index (χ1n) is 6.86. The van der Waals surface area contributed by atoms with E-state index in [-0.39, 0.29) is 0 Å². The molecule has 2 aromatic rings. The van der Waals surface area contributed by atoms with E-state index >= 15 is 0 Å². The second-order valence-corrected chi connectivity index (χ2v) is 5.42. The Hall–Kier alpha value is -2.23. The van der Waals surface area contributed by atoms with Gasteiger partial charge < -0.3 is 15.5 Å². The molecule has 4 nitrogen and oxygen atoms in total. The van der Waals surface area contributed by atoms with Crippen LogP contribution in [0.2, 0.25) is 0 Å². The molecule has 0 bridgehead atoms. The number of hydrogen-bond acceptors (Lipinski definition) is 3. The maximum absolute atomic E-state index is 11.1. The van der Waals surface area contributed by atoms with Gasteiger partial charge in [-0.15, -0.1) is 0 Å². The fourth-order valence-electron chi connectivity index (χ4n) is 2.38. The third kappa shape index (κ3) is 2.69. The molecule has 1 aromatic carbocycles. The zero-order valence-corrected chi connectivity index (χ0v) is 11.4. The first kappa shape index (κ1) is 12.8. The number of rotatable bonds is 5. The summed E-state index contributed by atoms with van der Waals surface area (Å²) in [4.78, 5) is 11.1. The van der Waals surface area contributed by atoms with Crippen molar-refractivity contribution < 1.29 is 9.21 Å². The van der Waals surface area contributed by atoms with Crippen molar-refractivity contribution in [2.24, 2.45) is 11.7 Å². The molecule has 3 N–H and O–H groups in total. The van der Waals surface area contributed by atoms with Crippen LogP contribution in [0.4, 0.5) is 5.69 Å². The Morgan fingerprint density at radius 3 is 2.90 bits per heavy atom. The molecule has 1 saturated carbocycles. The summed E-state index contributed by atoms with van der Waals surface area (Å²) in [6, 6.07) is 11.2. The number of primary amides is 1. The fraction of sp³-hybridized carbons (Fsp3) is 0.312. The van der Waals surface area contributed by atoms with Gasteiger partial charge >= 0.3 is 0 Å². The highest BCUT2D eigenvalue weighted by molar-refractivity contribution is 5.93. The van der Waals surface area contributed by atoms with Gasteiger partial charge in [0.05, 0.1) is 6.54 Å². The molecule has 104 valence electrons. The number of amides is 1. The zero-order chi connectivity index (χ0) is 14.1. The van der Waals surface area contributed by atoms with Crippen molar-refractivity contribution in [3.05, 3.63) is 53.5 Å². The number of anilines is 1. The summed E-state index contributed by atoms with van der Waals surface area (Å²) in [5.74, 6) is 2.91. The summed E-state index contributed by atoms with van der Waals surface area (Å²) in [7, 11) is 0. The topological polar surface area (TPSA) is 68.3 Å². The van der Waals surface area contributed by atoms with E-state index in [0.717, 1.165) is 23.1 Å². The summed E-state index contributed by atoms with van der Waals surface area (Å²) in [6.45, 7) is 2.84. The lowest BCUT2D eigenvalue weighted by Crippen LogP contribution is -2.11. The molecule has 0 saturated heterocycles. The third-order valence-corrected chi connectivity index (χ3v) is 3.77. The monoisotopic (exact) mass is 270 g/mol. The molecule has 0 aliphatic heterocycles. The number of nitrogens with two attached hydrogens (primary N) is 1. The van der Waals surface area contributed by atoms with E-state index in [4.69, 9.17) is 10.2 Å². The third-order valence-electron chi connectivity index (χ3n) is 3.77. The Morgan fingerprint density at radius 1 is 1.40 bits per heavy atom. The molecule has 1 aliphatic rings. The van der Waals surface area contributed by atoms with E-state index in [1.807, 2.05) is 18.2 Å². The van der Waals surface area contributed by atoms with Crippen molar-refractivity contribution in [2.75, 3.05) is 5.32 Å². The summed E-state index contributed by atoms with van der Waals surface area (Å²) >= 11 is 0. The van der Waals surface area contributed by atoms with Gasteiger partial charge in [0.15, 0.2) is 0 Å². The van der Waals surface area contributed by atoms with Crippen molar-refractivity contribution in [3.8, 4) is 0 Å². The minimum absolute atomic E-state index is 0.420. The van der Waals surface area contributed by atoms with Gasteiger partial charge in [-0.05, 0) is 42.7 Å². The van der Waals surface area contributed by atoms with Crippen molar-refractivity contribution in [2.45, 2.75) is 25.8 Å². The van der Waals surface area contributed by atoms with Gasteiger partial charge in [-0.3, -0.25) is 4.79 Å². The lowest BCUT2D eigenvalue weighted by atomic mass is 10.2. The van der Waals surface area contributed by atoms with Crippen molar-refractivity contribution in [3.63, 3.8) is 0 Å². The molecule has 1 heterocycles. The van der Waals surface area contributed by atoms with Crippen LogP contribution in [0.5, 0.6) is 0 Å². The summed E-state index contributed by atoms with van der Waals surface area (Å²) < 4.78 is 5.82. The van der Waals surface area contributed by atoms with E-state index in [9.17, 15) is 4.79 Å². The van der Waals surface area contributed by atoms with Crippen molar-refractivity contribution >= 4 is 11.6 Å². The molecule has 4 heteroatoms. The van der Waals surface area contributed by atoms with Gasteiger partial charge in [-0.25, -0.2) is 0 Å². The van der Waals surface area contributed by atoms with E-state index in [2.05, 4.69) is 18.3 Å². The van der Waals surface area contributed by atoms with Crippen LogP contribution in [0.3, 0.4) is 0 Å². The number of benzene rings is 1. The van der Waals surface area contributed by atoms with Crippen LogP contribution >= 0.6 is 0 Å². The SMILES string of the molecule is CC1CC1c1ccc(CNc2cccc(C(N)=O)c2)o1. The molecule has 1 aliphatic carbocycles. The lowest BCUT2D eigenvalue weighted by Gasteiger charge is -2.05. The Kier molecular flexibility index (Phi) is 3.22. The molecule has 0 spiro atoms. The van der Waals surface area contributed by atoms with Crippen LogP contribution in [0.15, 0.2) is 40.8 Å². The van der Waals surface area contributed by atoms with Crippen LogP contribution in [-0.4, -0.2) is 5.91 Å². The van der Waals surface area contributed by atoms with Gasteiger partial charge in [0.2, 0.25) is 5.91 Å². The van der Waals surface area contributed by atoms with Crippen LogP contribution in [-0.2, 0) is 6.54 Å². The highest BCUT2D eigenvalue weighted by Gasteiger charge is 2.36. The van der Waals surface area contributed by atoms with E-state index in [1.54, 1.807) is 12.1 Å². The van der Waals surface area contributed by atoms with Crippen molar-refractivity contribution in [1.82, 2.24) is 0 Å². The van der Waals surface area contributed by atoms with Gasteiger partial charge in [-0.2, -0.15) is 0 Å². The average Bonchev–Trinajstić information content (AvgIpc) is 3.00. The number of furan rings is 1. The first-order valence-corrected chi connectivity index (χ1v) is 6.86. The molecule has 1 fully saturated rings. The van der Waals surface area contributed by atoms with Crippen LogP contribution in [0.1, 0.15) is 41.1 Å². The Bertz CT molecular complexity index is 633. The first-order chi connectivity index (χ1) is 9.63. The van der Waals surface area contributed by atoms with Crippen molar-refractivity contribution in [1.29, 1.82) is 0 Å². The Balaban J connectivity index is 1.63. The normalized spacial score (nSPS) is 20.6. The molecule has 20 heavy (non-hydrogen) atoms. The number of nitrogens with one attached hydrogen (secondary N) is 1. The maximum atomic E-state index is 11.1. The summed E-state index contributed by atoms with van der Waals surface area (Å²) in [5, 5.41) is 3.24. The second kappa shape index (κ2) is 5.04. The van der Waals surface area contributed by atoms with Gasteiger partial charge in [0.1, 0.15) is 11.5 Å². The van der Waals surface area contributed by atoms with Crippen LogP contribution < -0.4 is 11.1 Å². The molecule has 3 rings (SSSR count). The molecule has 1 amide bonds. The minimum atomic E-state index is -0.420. The van der Waals surface area contributed by atoms with Gasteiger partial charge in [0.25, 0.3) is 0 Å². The predicted molar refractivity (Wildman–Crippen MR) is 77.5 cm³/mol. The molecule has 0 radical (unpaired) electrons. The predicted octanol–water partition coefficient (Wildman–Crippen LogP) is 3.11. The molecule has 2 unspecified atom stereocenters. The van der Waals surface area contributed by atoms with Crippen LogP contribution in [0, 0.1) is 5.92 Å². The maximum Gasteiger partial charge on any atom is 0.248 e. The molecule has 1 aromatic heterocycles. The lowest BCUT2D eigenvalue weighted by molar-refractivity contribution is 0.100. The summed E-state index contributed by atoms with van der Waals surface area (Å²) in [6.07, 6.45) is 1.22. The Labute approximate surface area is 118 Å². The van der Waals surface area contributed by atoms with Crippen LogP contribution in [0.25, 0.3) is 0 Å². The van der Waals surface area contributed by atoms with Gasteiger partial charge in [0, 0.05) is 17.2 Å². The average molecular weight is 270 g/mol. The number of hydrogen-bond donors (Lipinski definition) is 2. The van der Waals surface area contributed by atoms with E-state index in [1.165, 1.54) is 6.42 Å². The number of carbonyl (C=O) groups is 1. The van der Waals surface area contributed by atoms with E-state index in [0.29, 0.717) is 18.0 Å². The highest BCUT2D eigenvalue weighted by Crippen LogP contribution is 2.47. The largest absolute Gasteiger partial charge is 0.464 e. The second-order valence-electron chi connectivity index (χ2n) is 5.42. The standard InChI is InChI=1S/C16H18N2O2/c1-10-7-14(10)15-6-5-13(20-15)9-18-12-4-2-3-11(8-12)16(17)19/h2-6,8,10,14,18H,7,9H2,1H3,(H2,17,19). The Morgan fingerprint density at radius 2 is 2.20 bits per heavy atom. The molecular weight excluding hydrogens is 252 g/mol. The molecular formula is C16H18N2O2. The highest BCUT2D eigenvalue weighted by atomic mass is 16.3. The van der Waals surface area contributed by atoms with E-state index < -0.39 is 5.91 Å². The minimum Gasteiger partial charge on any atom is -0.464 e. The fourth-order valence-corrected chi connectivity index (χ4v) is 2.38. The zero-order valence-electron chi connectivity index (χ0n) is 11.4. The van der Waals surface area contributed by atoms with Gasteiger partial charge in [-0.1, -0.05) is 13.0 Å².